The van der Waals surface area contributed by atoms with Crippen molar-refractivity contribution in [3.63, 3.8) is 0 Å². The topological polar surface area (TPSA) is 35.5 Å². The van der Waals surface area contributed by atoms with Crippen molar-refractivity contribution < 1.29 is 33.1 Å². The molecule has 22 heavy (non-hydrogen) atoms. The Morgan fingerprint density at radius 3 is 2.23 bits per heavy atom. The van der Waals surface area contributed by atoms with Crippen LogP contribution in [0.25, 0.3) is 0 Å². The second-order valence-electron chi connectivity index (χ2n) is 4.05. The number of hydrogen-bond acceptors (Lipinski definition) is 3. The average molecular weight is 349 g/mol. The van der Waals surface area contributed by atoms with Gasteiger partial charge in [-0.05, 0) is 18.2 Å². The first-order chi connectivity index (χ1) is 10.1. The molecule has 0 heterocycles. The summed E-state index contributed by atoms with van der Waals surface area (Å²) in [6, 6.07) is 10.3. The fourth-order valence-corrected chi connectivity index (χ4v) is 3.43. The van der Waals surface area contributed by atoms with E-state index >= 15 is 0 Å². The van der Waals surface area contributed by atoms with Crippen molar-refractivity contribution in [3.8, 4) is 11.5 Å². The Morgan fingerprint density at radius 1 is 1.05 bits per heavy atom. The minimum Gasteiger partial charge on any atom is -0.499 e. The molecule has 0 aliphatic heterocycles. The summed E-state index contributed by atoms with van der Waals surface area (Å²) in [5.74, 6) is 1.24. The van der Waals surface area contributed by atoms with Gasteiger partial charge in [0.2, 0.25) is 0 Å². The molecule has 0 saturated carbocycles. The molecule has 0 aliphatic carbocycles. The summed E-state index contributed by atoms with van der Waals surface area (Å²) < 4.78 is 10.4. The third-order valence-corrected chi connectivity index (χ3v) is 4.45. The standard InChI is InChI=1S/C15H12Cl2O3P.Li/c1-19-9-6-7-13(12(8-9)20-2)21-15(18)14-10(16)4-3-5-11(14)17;/h3-8H,1-2H3;/q-1;+1. The van der Waals surface area contributed by atoms with Crippen LogP contribution in [0.3, 0.4) is 0 Å². The van der Waals surface area contributed by atoms with Crippen LogP contribution in [-0.4, -0.2) is 19.7 Å². The molecule has 0 unspecified atom stereocenters. The summed E-state index contributed by atoms with van der Waals surface area (Å²) in [7, 11) is 3.55. The predicted molar refractivity (Wildman–Crippen MR) is 86.9 cm³/mol. The smallest absolute Gasteiger partial charge is 0.499 e. The van der Waals surface area contributed by atoms with Crippen molar-refractivity contribution in [2.24, 2.45) is 0 Å². The maximum atomic E-state index is 12.4. The number of ether oxygens (including phenoxy) is 2. The fraction of sp³-hybridized carbons (Fsp3) is 0.133. The number of rotatable bonds is 5. The van der Waals surface area contributed by atoms with Gasteiger partial charge in [0.05, 0.1) is 30.0 Å². The molecule has 0 N–H and O–H groups in total. The zero-order valence-electron chi connectivity index (χ0n) is 12.4. The molecule has 0 aliphatic rings. The third kappa shape index (κ3) is 4.41. The Labute approximate surface area is 153 Å². The number of benzene rings is 2. The average Bonchev–Trinajstić information content (AvgIpc) is 2.47. The first kappa shape index (κ1) is 19.4. The largest absolute Gasteiger partial charge is 1.00 e. The van der Waals surface area contributed by atoms with Crippen LogP contribution in [0.15, 0.2) is 36.4 Å². The van der Waals surface area contributed by atoms with E-state index in [0.717, 1.165) is 5.30 Å². The molecular weight excluding hydrogens is 337 g/mol. The van der Waals surface area contributed by atoms with E-state index in [9.17, 15) is 4.79 Å². The molecule has 2 aromatic rings. The van der Waals surface area contributed by atoms with Gasteiger partial charge in [-0.15, -0.1) is 0 Å². The van der Waals surface area contributed by atoms with E-state index in [2.05, 4.69) is 0 Å². The SMILES string of the molecule is COc1ccc([P-]C(=O)c2c(Cl)cccc2Cl)c(OC)c1.[Li+]. The van der Waals surface area contributed by atoms with Crippen LogP contribution in [0.1, 0.15) is 10.4 Å². The van der Waals surface area contributed by atoms with E-state index in [4.69, 9.17) is 32.7 Å². The van der Waals surface area contributed by atoms with Crippen molar-refractivity contribution in [1.82, 2.24) is 0 Å². The van der Waals surface area contributed by atoms with Gasteiger partial charge < -0.3 is 22.8 Å². The minimum absolute atomic E-state index is 0. The molecule has 0 fully saturated rings. The molecular formula is C15H12Cl2LiO3P. The second kappa shape index (κ2) is 8.82. The van der Waals surface area contributed by atoms with Gasteiger partial charge in [0, 0.05) is 17.2 Å². The van der Waals surface area contributed by atoms with Gasteiger partial charge in [-0.3, -0.25) is 0 Å². The van der Waals surface area contributed by atoms with E-state index in [1.807, 2.05) is 0 Å². The monoisotopic (exact) mass is 348 g/mol. The number of carbonyl (C=O) groups is 1. The molecule has 0 radical (unpaired) electrons. The molecule has 7 heteroatoms. The summed E-state index contributed by atoms with van der Waals surface area (Å²) in [5, 5.41) is 1.40. The Kier molecular flexibility index (Phi) is 7.76. The van der Waals surface area contributed by atoms with Crippen LogP contribution in [0, 0.1) is 0 Å². The molecule has 3 nitrogen and oxygen atoms in total. The van der Waals surface area contributed by atoms with Crippen LogP contribution < -0.4 is 33.6 Å². The van der Waals surface area contributed by atoms with Crippen molar-refractivity contribution in [2.75, 3.05) is 14.2 Å². The van der Waals surface area contributed by atoms with Gasteiger partial charge in [-0.1, -0.05) is 35.3 Å². The van der Waals surface area contributed by atoms with Crippen molar-refractivity contribution in [3.05, 3.63) is 52.0 Å². The summed E-state index contributed by atoms with van der Waals surface area (Å²) in [6.45, 7) is 0. The first-order valence-corrected chi connectivity index (χ1v) is 7.64. The van der Waals surface area contributed by atoms with Gasteiger partial charge in [-0.25, -0.2) is 0 Å². The molecule has 0 saturated heterocycles. The van der Waals surface area contributed by atoms with E-state index < -0.39 is 0 Å². The fourth-order valence-electron chi connectivity index (χ4n) is 1.74. The Hall–Kier alpha value is -0.683. The van der Waals surface area contributed by atoms with Gasteiger partial charge >= 0.3 is 18.9 Å². The van der Waals surface area contributed by atoms with E-state index in [0.29, 0.717) is 35.7 Å². The van der Waals surface area contributed by atoms with Gasteiger partial charge in [0.25, 0.3) is 0 Å². The predicted octanol–water partition coefficient (Wildman–Crippen LogP) is 1.43. The maximum absolute atomic E-state index is 12.4. The summed E-state index contributed by atoms with van der Waals surface area (Å²) >= 11 is 12.1. The Bertz CT molecular complexity index is 660. The molecule has 2 aromatic carbocycles. The molecule has 0 atom stereocenters. The number of halogens is 2. The third-order valence-electron chi connectivity index (χ3n) is 2.79. The maximum Gasteiger partial charge on any atom is 1.00 e. The van der Waals surface area contributed by atoms with Gasteiger partial charge in [-0.2, -0.15) is 5.30 Å². The van der Waals surface area contributed by atoms with Crippen LogP contribution >= 0.6 is 31.8 Å². The summed E-state index contributed by atoms with van der Waals surface area (Å²) in [6.07, 6.45) is 0. The quantitative estimate of drug-likeness (QED) is 0.605. The van der Waals surface area contributed by atoms with Crippen LogP contribution in [-0.2, 0) is 0 Å². The van der Waals surface area contributed by atoms with Crippen LogP contribution in [0.4, 0.5) is 0 Å². The van der Waals surface area contributed by atoms with E-state index in [1.54, 1.807) is 50.6 Å². The van der Waals surface area contributed by atoms with Crippen molar-refractivity contribution in [2.45, 2.75) is 0 Å². The second-order valence-corrected chi connectivity index (χ2v) is 5.98. The molecule has 0 bridgehead atoms. The van der Waals surface area contributed by atoms with Gasteiger partial charge in [0.15, 0.2) is 0 Å². The molecule has 0 spiro atoms. The molecule has 2 rings (SSSR count). The minimum atomic E-state index is -0.186. The van der Waals surface area contributed by atoms with Crippen molar-refractivity contribution in [1.29, 1.82) is 0 Å². The zero-order chi connectivity index (χ0) is 15.4. The molecule has 0 amide bonds. The number of methoxy groups -OCH3 is 2. The molecule has 0 aromatic heterocycles. The molecule has 110 valence electrons. The Morgan fingerprint density at radius 2 is 1.68 bits per heavy atom. The number of hydrogen-bond donors (Lipinski definition) is 0. The van der Waals surface area contributed by atoms with E-state index in [-0.39, 0.29) is 24.4 Å². The van der Waals surface area contributed by atoms with Crippen molar-refractivity contribution >= 4 is 42.6 Å². The van der Waals surface area contributed by atoms with Gasteiger partial charge in [0.1, 0.15) is 5.75 Å². The summed E-state index contributed by atoms with van der Waals surface area (Å²) in [4.78, 5) is 12.4. The Balaban J connectivity index is 0.00000242. The van der Waals surface area contributed by atoms with Crippen LogP contribution in [0.2, 0.25) is 10.0 Å². The normalized spacial score (nSPS) is 10.4. The van der Waals surface area contributed by atoms with Crippen LogP contribution in [0.5, 0.6) is 11.5 Å². The van der Waals surface area contributed by atoms with E-state index in [1.165, 1.54) is 0 Å². The number of carbonyl (C=O) groups excluding carboxylic acids is 1. The summed E-state index contributed by atoms with van der Waals surface area (Å²) in [5.41, 5.74) is 0.134. The first-order valence-electron chi connectivity index (χ1n) is 5.99. The zero-order valence-corrected chi connectivity index (χ0v) is 14.8.